The lowest BCUT2D eigenvalue weighted by Crippen LogP contribution is -2.53. The van der Waals surface area contributed by atoms with Crippen LogP contribution in [0.5, 0.6) is 0 Å². The Morgan fingerprint density at radius 3 is 2.52 bits per heavy atom. The molecule has 2 aromatic rings. The SMILES string of the molecule is CC1(C)CC2(CCCN(C3CCN(C(=O)c4cc(-c5cccnc5)nc(N5CCC(O)CC5)c4)CC3)C2)C(=O)O1. The van der Waals surface area contributed by atoms with Crippen LogP contribution in [0.1, 0.15) is 69.2 Å². The second-order valence-electron chi connectivity index (χ2n) is 12.8. The largest absolute Gasteiger partial charge is 0.459 e. The van der Waals surface area contributed by atoms with Crippen molar-refractivity contribution in [1.82, 2.24) is 19.8 Å². The highest BCUT2D eigenvalue weighted by Gasteiger charge is 2.54. The molecule has 214 valence electrons. The first-order chi connectivity index (χ1) is 19.2. The maximum Gasteiger partial charge on any atom is 0.314 e. The van der Waals surface area contributed by atoms with Gasteiger partial charge in [0.1, 0.15) is 11.4 Å². The Balaban J connectivity index is 1.16. The number of esters is 1. The predicted octanol–water partition coefficient (Wildman–Crippen LogP) is 3.52. The summed E-state index contributed by atoms with van der Waals surface area (Å²) >= 11 is 0. The molecule has 4 fully saturated rings. The molecule has 0 saturated carbocycles. The maximum absolute atomic E-state index is 13.8. The molecule has 4 aliphatic heterocycles. The lowest BCUT2D eigenvalue weighted by atomic mass is 9.74. The van der Waals surface area contributed by atoms with Crippen LogP contribution in [0.25, 0.3) is 11.3 Å². The third kappa shape index (κ3) is 5.46. The topological polar surface area (TPSA) is 99.1 Å². The number of aliphatic hydroxyl groups is 1. The first-order valence-corrected chi connectivity index (χ1v) is 14.8. The van der Waals surface area contributed by atoms with Crippen molar-refractivity contribution in [3.63, 3.8) is 0 Å². The van der Waals surface area contributed by atoms with Gasteiger partial charge in [0.25, 0.3) is 5.91 Å². The number of aliphatic hydroxyl groups excluding tert-OH is 1. The van der Waals surface area contributed by atoms with E-state index >= 15 is 0 Å². The summed E-state index contributed by atoms with van der Waals surface area (Å²) in [4.78, 5) is 42.4. The van der Waals surface area contributed by atoms with Gasteiger partial charge in [0.05, 0.1) is 17.2 Å². The van der Waals surface area contributed by atoms with E-state index in [4.69, 9.17) is 9.72 Å². The molecule has 9 nitrogen and oxygen atoms in total. The van der Waals surface area contributed by atoms with Crippen LogP contribution >= 0.6 is 0 Å². The first-order valence-electron chi connectivity index (χ1n) is 14.8. The van der Waals surface area contributed by atoms with Crippen molar-refractivity contribution in [3.05, 3.63) is 42.2 Å². The molecule has 1 atom stereocenters. The van der Waals surface area contributed by atoms with E-state index < -0.39 is 0 Å². The minimum Gasteiger partial charge on any atom is -0.459 e. The van der Waals surface area contributed by atoms with Crippen molar-refractivity contribution < 1.29 is 19.4 Å². The van der Waals surface area contributed by atoms with Crippen LogP contribution in [0.3, 0.4) is 0 Å². The number of rotatable bonds is 4. The number of likely N-dealkylation sites (tertiary alicyclic amines) is 2. The van der Waals surface area contributed by atoms with Crippen LogP contribution < -0.4 is 4.90 Å². The molecule has 6 rings (SSSR count). The predicted molar refractivity (Wildman–Crippen MR) is 152 cm³/mol. The Morgan fingerprint density at radius 1 is 1.07 bits per heavy atom. The van der Waals surface area contributed by atoms with Crippen molar-refractivity contribution in [2.75, 3.05) is 44.2 Å². The third-order valence-electron chi connectivity index (χ3n) is 9.25. The molecule has 4 aliphatic rings. The summed E-state index contributed by atoms with van der Waals surface area (Å²) in [5.74, 6) is 0.771. The summed E-state index contributed by atoms with van der Waals surface area (Å²) < 4.78 is 5.73. The summed E-state index contributed by atoms with van der Waals surface area (Å²) in [5.41, 5.74) is 1.49. The number of hydrogen-bond acceptors (Lipinski definition) is 8. The smallest absolute Gasteiger partial charge is 0.314 e. The van der Waals surface area contributed by atoms with E-state index in [0.717, 1.165) is 62.3 Å². The Morgan fingerprint density at radius 2 is 1.85 bits per heavy atom. The van der Waals surface area contributed by atoms with E-state index in [2.05, 4.69) is 14.8 Å². The van der Waals surface area contributed by atoms with Crippen LogP contribution in [0.4, 0.5) is 5.82 Å². The van der Waals surface area contributed by atoms with Crippen LogP contribution in [0.15, 0.2) is 36.7 Å². The number of piperidine rings is 3. The fourth-order valence-electron chi connectivity index (χ4n) is 7.25. The van der Waals surface area contributed by atoms with Crippen molar-refractivity contribution in [2.24, 2.45) is 5.41 Å². The number of cyclic esters (lactones) is 1. The highest BCUT2D eigenvalue weighted by molar-refractivity contribution is 5.96. The van der Waals surface area contributed by atoms with E-state index in [-0.39, 0.29) is 29.0 Å². The number of aromatic nitrogens is 2. The Labute approximate surface area is 236 Å². The minimum absolute atomic E-state index is 0.0283. The number of ether oxygens (including phenoxy) is 1. The van der Waals surface area contributed by atoms with Crippen LogP contribution in [-0.2, 0) is 9.53 Å². The van der Waals surface area contributed by atoms with Gasteiger partial charge in [-0.2, -0.15) is 0 Å². The zero-order valence-electron chi connectivity index (χ0n) is 23.7. The van der Waals surface area contributed by atoms with Crippen molar-refractivity contribution >= 4 is 17.7 Å². The molecular weight excluding hydrogens is 506 g/mol. The fourth-order valence-corrected chi connectivity index (χ4v) is 7.25. The molecule has 1 spiro atoms. The van der Waals surface area contributed by atoms with E-state index in [1.165, 1.54) is 0 Å². The Kier molecular flexibility index (Phi) is 7.29. The molecule has 0 bridgehead atoms. The highest BCUT2D eigenvalue weighted by atomic mass is 16.6. The Hall–Kier alpha value is -3.04. The molecule has 9 heteroatoms. The van der Waals surface area contributed by atoms with Crippen LogP contribution in [0.2, 0.25) is 0 Å². The van der Waals surface area contributed by atoms with Gasteiger partial charge >= 0.3 is 5.97 Å². The molecule has 0 aromatic carbocycles. The van der Waals surface area contributed by atoms with E-state index in [9.17, 15) is 14.7 Å². The number of carbonyl (C=O) groups excluding carboxylic acids is 2. The number of amides is 1. The number of pyridine rings is 2. The van der Waals surface area contributed by atoms with Crippen molar-refractivity contribution in [3.8, 4) is 11.3 Å². The molecule has 0 aliphatic carbocycles. The van der Waals surface area contributed by atoms with Gasteiger partial charge in [-0.25, -0.2) is 4.98 Å². The normalized spacial score (nSPS) is 26.3. The van der Waals surface area contributed by atoms with Gasteiger partial charge in [-0.05, 0) is 83.2 Å². The van der Waals surface area contributed by atoms with Gasteiger partial charge in [-0.1, -0.05) is 0 Å². The van der Waals surface area contributed by atoms with Crippen LogP contribution in [-0.4, -0.2) is 93.8 Å². The molecule has 1 N–H and O–H groups in total. The quantitative estimate of drug-likeness (QED) is 0.581. The average Bonchev–Trinajstić information content (AvgIpc) is 3.19. The zero-order valence-corrected chi connectivity index (χ0v) is 23.7. The average molecular weight is 548 g/mol. The van der Waals surface area contributed by atoms with E-state index in [0.29, 0.717) is 50.6 Å². The molecule has 4 saturated heterocycles. The summed E-state index contributed by atoms with van der Waals surface area (Å²) in [6.07, 6.45) is 9.12. The van der Waals surface area contributed by atoms with Crippen molar-refractivity contribution in [1.29, 1.82) is 0 Å². The molecule has 6 heterocycles. The van der Waals surface area contributed by atoms with Gasteiger partial charge in [0.2, 0.25) is 0 Å². The molecular formula is C31H41N5O4. The van der Waals surface area contributed by atoms with Gasteiger partial charge in [-0.3, -0.25) is 19.5 Å². The molecule has 2 aromatic heterocycles. The second-order valence-corrected chi connectivity index (χ2v) is 12.8. The van der Waals surface area contributed by atoms with Gasteiger partial charge in [0.15, 0.2) is 0 Å². The molecule has 0 radical (unpaired) electrons. The molecule has 1 amide bonds. The maximum atomic E-state index is 13.8. The second kappa shape index (κ2) is 10.7. The fraction of sp³-hybridized carbons (Fsp3) is 0.613. The van der Waals surface area contributed by atoms with Crippen molar-refractivity contribution in [2.45, 2.75) is 76.5 Å². The van der Waals surface area contributed by atoms with Crippen LogP contribution in [0, 0.1) is 5.41 Å². The van der Waals surface area contributed by atoms with Gasteiger partial charge in [-0.15, -0.1) is 0 Å². The Bertz CT molecular complexity index is 1240. The number of hydrogen-bond donors (Lipinski definition) is 1. The first kappa shape index (κ1) is 27.1. The monoisotopic (exact) mass is 547 g/mol. The van der Waals surface area contributed by atoms with E-state index in [1.807, 2.05) is 43.0 Å². The summed E-state index contributed by atoms with van der Waals surface area (Å²) in [6, 6.07) is 8.01. The standard InChI is InChI=1S/C31H41N5O4/c1-30(2)20-31(29(39)40-30)10-4-12-36(21-31)24-6-13-35(14-7-24)28(38)23-17-26(22-5-3-11-32-19-22)33-27(18-23)34-15-8-25(37)9-16-34/h3,5,11,17-19,24-25,37H,4,6-10,12-16,20-21H2,1-2H3. The van der Waals surface area contributed by atoms with E-state index in [1.54, 1.807) is 12.4 Å². The molecule has 40 heavy (non-hydrogen) atoms. The highest BCUT2D eigenvalue weighted by Crippen LogP contribution is 2.46. The minimum atomic E-state index is -0.387. The lowest BCUT2D eigenvalue weighted by Gasteiger charge is -2.44. The lowest BCUT2D eigenvalue weighted by molar-refractivity contribution is -0.154. The molecule has 1 unspecified atom stereocenters. The number of carbonyl (C=O) groups is 2. The summed E-state index contributed by atoms with van der Waals surface area (Å²) in [6.45, 7) is 8.61. The summed E-state index contributed by atoms with van der Waals surface area (Å²) in [7, 11) is 0. The summed E-state index contributed by atoms with van der Waals surface area (Å²) in [5, 5.41) is 9.99. The number of anilines is 1. The third-order valence-corrected chi connectivity index (χ3v) is 9.25. The number of nitrogens with zero attached hydrogens (tertiary/aromatic N) is 5. The zero-order chi connectivity index (χ0) is 27.9. The van der Waals surface area contributed by atoms with Gasteiger partial charge < -0.3 is 19.6 Å². The van der Waals surface area contributed by atoms with Gasteiger partial charge in [0, 0.05) is 68.7 Å².